The Bertz CT molecular complexity index is 1310. The van der Waals surface area contributed by atoms with Crippen LogP contribution in [0.15, 0.2) is 77.7 Å². The number of hydrogen-bond acceptors (Lipinski definition) is 4. The van der Waals surface area contributed by atoms with Gasteiger partial charge in [-0.15, -0.1) is 0 Å². The highest BCUT2D eigenvalue weighted by molar-refractivity contribution is 6.00. The van der Waals surface area contributed by atoms with E-state index in [9.17, 15) is 9.59 Å². The molecule has 0 aliphatic rings. The minimum atomic E-state index is -0.340. The second kappa shape index (κ2) is 8.71. The van der Waals surface area contributed by atoms with Gasteiger partial charge >= 0.3 is 6.03 Å². The van der Waals surface area contributed by atoms with Crippen LogP contribution in [-0.2, 0) is 6.61 Å². The first-order chi connectivity index (χ1) is 15.0. The molecule has 0 saturated heterocycles. The van der Waals surface area contributed by atoms with Crippen molar-refractivity contribution >= 4 is 23.1 Å². The first kappa shape index (κ1) is 20.2. The fourth-order valence-electron chi connectivity index (χ4n) is 3.16. The van der Waals surface area contributed by atoms with E-state index in [1.165, 1.54) is 10.5 Å². The summed E-state index contributed by atoms with van der Waals surface area (Å²) in [5, 5.41) is 5.65. The molecule has 0 spiro atoms. The molecule has 0 unspecified atom stereocenters. The maximum Gasteiger partial charge on any atom is 0.323 e. The molecule has 4 rings (SSSR count). The summed E-state index contributed by atoms with van der Waals surface area (Å²) in [4.78, 5) is 29.1. The fraction of sp³-hybridized carbons (Fsp3) is 0.125. The quantitative estimate of drug-likeness (QED) is 0.502. The van der Waals surface area contributed by atoms with E-state index in [-0.39, 0.29) is 18.2 Å². The first-order valence-electron chi connectivity index (χ1n) is 9.84. The van der Waals surface area contributed by atoms with Gasteiger partial charge in [0.25, 0.3) is 5.56 Å². The number of para-hydroxylation sites is 1. The number of ether oxygens (including phenoxy) is 1. The predicted molar refractivity (Wildman–Crippen MR) is 121 cm³/mol. The van der Waals surface area contributed by atoms with Gasteiger partial charge in [0.1, 0.15) is 18.0 Å². The molecule has 2 heterocycles. The largest absolute Gasteiger partial charge is 0.487 e. The van der Waals surface area contributed by atoms with Crippen molar-refractivity contribution in [2.45, 2.75) is 20.5 Å². The molecular formula is C24H22N4O3. The van der Waals surface area contributed by atoms with Gasteiger partial charge in [-0.25, -0.2) is 9.78 Å². The van der Waals surface area contributed by atoms with Crippen molar-refractivity contribution in [2.24, 2.45) is 0 Å². The maximum atomic E-state index is 12.4. The van der Waals surface area contributed by atoms with Gasteiger partial charge in [0, 0.05) is 29.7 Å². The van der Waals surface area contributed by atoms with Gasteiger partial charge < -0.3 is 15.4 Å². The third kappa shape index (κ3) is 4.72. The molecular weight excluding hydrogens is 392 g/mol. The molecule has 2 aromatic carbocycles. The van der Waals surface area contributed by atoms with E-state index in [1.807, 2.05) is 50.2 Å². The number of rotatable bonds is 5. The van der Waals surface area contributed by atoms with Crippen molar-refractivity contribution in [3.8, 4) is 5.75 Å². The van der Waals surface area contributed by atoms with E-state index in [4.69, 9.17) is 4.74 Å². The molecule has 0 aliphatic heterocycles. The second-order valence-corrected chi connectivity index (χ2v) is 7.18. The van der Waals surface area contributed by atoms with Crippen LogP contribution in [0.3, 0.4) is 0 Å². The molecule has 0 atom stereocenters. The minimum absolute atomic E-state index is 0.139. The van der Waals surface area contributed by atoms with Crippen LogP contribution in [0.1, 0.15) is 16.8 Å². The average molecular weight is 414 g/mol. The Hall–Kier alpha value is -4.13. The lowest BCUT2D eigenvalue weighted by molar-refractivity contribution is 0.262. The van der Waals surface area contributed by atoms with Gasteiger partial charge in [-0.05, 0) is 49.2 Å². The van der Waals surface area contributed by atoms with Crippen molar-refractivity contribution in [3.63, 3.8) is 0 Å². The van der Waals surface area contributed by atoms with Crippen molar-refractivity contribution in [1.29, 1.82) is 0 Å². The molecule has 0 fully saturated rings. The zero-order chi connectivity index (χ0) is 21.8. The Morgan fingerprint density at radius 3 is 2.61 bits per heavy atom. The summed E-state index contributed by atoms with van der Waals surface area (Å²) in [6, 6.07) is 19.5. The van der Waals surface area contributed by atoms with E-state index in [2.05, 4.69) is 15.6 Å². The Morgan fingerprint density at radius 2 is 1.77 bits per heavy atom. The molecule has 0 saturated carbocycles. The Balaban J connectivity index is 1.46. The van der Waals surface area contributed by atoms with Gasteiger partial charge in [-0.2, -0.15) is 0 Å². The summed E-state index contributed by atoms with van der Waals surface area (Å²) in [5.41, 5.74) is 4.16. The summed E-state index contributed by atoms with van der Waals surface area (Å²) >= 11 is 0. The number of pyridine rings is 1. The van der Waals surface area contributed by atoms with Crippen LogP contribution in [0.2, 0.25) is 0 Å². The molecule has 156 valence electrons. The van der Waals surface area contributed by atoms with Crippen LogP contribution in [-0.4, -0.2) is 15.4 Å². The van der Waals surface area contributed by atoms with E-state index >= 15 is 0 Å². The van der Waals surface area contributed by atoms with Crippen molar-refractivity contribution in [3.05, 3.63) is 100 Å². The van der Waals surface area contributed by atoms with Gasteiger partial charge in [-0.3, -0.25) is 9.20 Å². The molecule has 0 radical (unpaired) electrons. The molecule has 0 aliphatic carbocycles. The molecule has 2 aromatic heterocycles. The lowest BCUT2D eigenvalue weighted by Gasteiger charge is -2.13. The molecule has 31 heavy (non-hydrogen) atoms. The fourth-order valence-corrected chi connectivity index (χ4v) is 3.16. The number of amides is 2. The predicted octanol–water partition coefficient (Wildman–Crippen LogP) is 4.53. The summed E-state index contributed by atoms with van der Waals surface area (Å²) in [6.07, 6.45) is 1.68. The second-order valence-electron chi connectivity index (χ2n) is 7.18. The SMILES string of the molecule is Cc1ccccc1NC(=O)Nc1ccc(C)c(OCc2cc(=O)n3ccccc3n2)c1. The molecule has 7 nitrogen and oxygen atoms in total. The number of carbonyl (C=O) groups is 1. The molecule has 2 N–H and O–H groups in total. The number of carbonyl (C=O) groups excluding carboxylic acids is 1. The third-order valence-corrected chi connectivity index (χ3v) is 4.84. The van der Waals surface area contributed by atoms with Crippen LogP contribution < -0.4 is 20.9 Å². The third-order valence-electron chi connectivity index (χ3n) is 4.84. The Kier molecular flexibility index (Phi) is 5.66. The van der Waals surface area contributed by atoms with Crippen molar-refractivity contribution in [1.82, 2.24) is 9.38 Å². The maximum absolute atomic E-state index is 12.4. The number of aryl methyl sites for hydroxylation is 2. The summed E-state index contributed by atoms with van der Waals surface area (Å²) in [5.74, 6) is 0.601. The number of benzene rings is 2. The number of fused-ring (bicyclic) bond motifs is 1. The minimum Gasteiger partial charge on any atom is -0.487 e. The van der Waals surface area contributed by atoms with Crippen molar-refractivity contribution in [2.75, 3.05) is 10.6 Å². The number of anilines is 2. The number of nitrogens with one attached hydrogen (secondary N) is 2. The summed E-state index contributed by atoms with van der Waals surface area (Å²) in [6.45, 7) is 3.98. The van der Waals surface area contributed by atoms with E-state index in [1.54, 1.807) is 30.5 Å². The molecule has 7 heteroatoms. The average Bonchev–Trinajstić information content (AvgIpc) is 2.76. The lowest BCUT2D eigenvalue weighted by atomic mass is 10.2. The molecule has 2 amide bonds. The highest BCUT2D eigenvalue weighted by atomic mass is 16.5. The van der Waals surface area contributed by atoms with E-state index < -0.39 is 0 Å². The van der Waals surface area contributed by atoms with Crippen LogP contribution in [0.5, 0.6) is 5.75 Å². The molecule has 4 aromatic rings. The van der Waals surface area contributed by atoms with Crippen LogP contribution in [0.4, 0.5) is 16.2 Å². The van der Waals surface area contributed by atoms with E-state index in [0.717, 1.165) is 16.8 Å². The highest BCUT2D eigenvalue weighted by Gasteiger charge is 2.09. The zero-order valence-electron chi connectivity index (χ0n) is 17.3. The normalized spacial score (nSPS) is 10.6. The Labute approximate surface area is 179 Å². The van der Waals surface area contributed by atoms with Gasteiger partial charge in [0.2, 0.25) is 0 Å². The van der Waals surface area contributed by atoms with Gasteiger partial charge in [0.05, 0.1) is 5.69 Å². The zero-order valence-corrected chi connectivity index (χ0v) is 17.3. The number of urea groups is 1. The van der Waals surface area contributed by atoms with Crippen molar-refractivity contribution < 1.29 is 9.53 Å². The van der Waals surface area contributed by atoms with Gasteiger partial charge in [0.15, 0.2) is 0 Å². The van der Waals surface area contributed by atoms with E-state index in [0.29, 0.717) is 22.8 Å². The number of nitrogens with zero attached hydrogens (tertiary/aromatic N) is 2. The molecule has 0 bridgehead atoms. The Morgan fingerprint density at radius 1 is 0.968 bits per heavy atom. The van der Waals surface area contributed by atoms with Crippen LogP contribution in [0.25, 0.3) is 5.65 Å². The monoisotopic (exact) mass is 414 g/mol. The summed E-state index contributed by atoms with van der Waals surface area (Å²) in [7, 11) is 0. The smallest absolute Gasteiger partial charge is 0.323 e. The highest BCUT2D eigenvalue weighted by Crippen LogP contribution is 2.24. The first-order valence-corrected chi connectivity index (χ1v) is 9.84. The van der Waals surface area contributed by atoms with Gasteiger partial charge in [-0.1, -0.05) is 30.3 Å². The summed E-state index contributed by atoms with van der Waals surface area (Å²) < 4.78 is 7.38. The van der Waals surface area contributed by atoms with Crippen LogP contribution in [0, 0.1) is 13.8 Å². The lowest BCUT2D eigenvalue weighted by Crippen LogP contribution is -2.20. The topological polar surface area (TPSA) is 84.7 Å². The van der Waals surface area contributed by atoms with Crippen LogP contribution >= 0.6 is 0 Å². The number of aromatic nitrogens is 2. The standard InChI is InChI=1S/C24H22N4O3/c1-16-7-3-4-8-20(16)27-24(30)26-18-11-10-17(2)21(13-18)31-15-19-14-23(29)28-12-6-5-9-22(28)25-19/h3-14H,15H2,1-2H3,(H2,26,27,30). The number of hydrogen-bond donors (Lipinski definition) is 2.